The monoisotopic (exact) mass is 340 g/mol. The molecule has 1 aromatic heterocycles. The first-order valence-electron chi connectivity index (χ1n) is 7.91. The number of carbonyl (C=O) groups is 1. The lowest BCUT2D eigenvalue weighted by Crippen LogP contribution is -2.54. The zero-order valence-electron chi connectivity index (χ0n) is 13.1. The van der Waals surface area contributed by atoms with Crippen LogP contribution in [0.3, 0.4) is 0 Å². The fourth-order valence-corrected chi connectivity index (χ4v) is 3.08. The molecule has 0 spiro atoms. The van der Waals surface area contributed by atoms with Crippen LogP contribution in [0.15, 0.2) is 30.5 Å². The molecular formula is C17H19F3N2O2. The average Bonchev–Trinajstić information content (AvgIpc) is 3.00. The molecule has 7 heteroatoms. The van der Waals surface area contributed by atoms with Gasteiger partial charge in [0.05, 0.1) is 0 Å². The number of rotatable bonds is 3. The highest BCUT2D eigenvalue weighted by Crippen LogP contribution is 2.38. The van der Waals surface area contributed by atoms with Crippen LogP contribution in [0.5, 0.6) is 0 Å². The van der Waals surface area contributed by atoms with E-state index in [1.165, 1.54) is 4.90 Å². The maximum atomic E-state index is 12.8. The van der Waals surface area contributed by atoms with Crippen molar-refractivity contribution >= 4 is 16.8 Å². The fourth-order valence-electron chi connectivity index (χ4n) is 3.08. The predicted octanol–water partition coefficient (Wildman–Crippen LogP) is 3.02. The van der Waals surface area contributed by atoms with Crippen molar-refractivity contribution in [1.82, 2.24) is 9.88 Å². The Morgan fingerprint density at radius 3 is 2.62 bits per heavy atom. The summed E-state index contributed by atoms with van der Waals surface area (Å²) < 4.78 is 38.3. The van der Waals surface area contributed by atoms with E-state index in [9.17, 15) is 23.1 Å². The van der Waals surface area contributed by atoms with Gasteiger partial charge in [0.1, 0.15) is 0 Å². The zero-order valence-corrected chi connectivity index (χ0v) is 13.1. The maximum Gasteiger partial charge on any atom is 0.417 e. The molecule has 0 unspecified atom stereocenters. The molecule has 1 fully saturated rings. The van der Waals surface area contributed by atoms with Crippen molar-refractivity contribution in [2.24, 2.45) is 0 Å². The summed E-state index contributed by atoms with van der Waals surface area (Å²) in [7, 11) is 0. The number of hydrogen-bond acceptors (Lipinski definition) is 2. The number of amides is 1. The molecule has 0 radical (unpaired) electrons. The van der Waals surface area contributed by atoms with E-state index in [0.29, 0.717) is 6.42 Å². The van der Waals surface area contributed by atoms with Crippen LogP contribution in [0.4, 0.5) is 13.2 Å². The van der Waals surface area contributed by atoms with Gasteiger partial charge in [0.15, 0.2) is 5.60 Å². The topological polar surface area (TPSA) is 56.3 Å². The first kappa shape index (κ1) is 16.8. The number of H-pyrrole nitrogens is 1. The van der Waals surface area contributed by atoms with E-state index in [4.69, 9.17) is 0 Å². The number of aromatic nitrogens is 1. The van der Waals surface area contributed by atoms with Crippen molar-refractivity contribution in [2.45, 2.75) is 37.5 Å². The van der Waals surface area contributed by atoms with Gasteiger partial charge in [0, 0.05) is 44.1 Å². The molecule has 1 saturated heterocycles. The number of piperidine rings is 1. The van der Waals surface area contributed by atoms with Gasteiger partial charge in [-0.1, -0.05) is 6.07 Å². The Kier molecular flexibility index (Phi) is 4.29. The average molecular weight is 340 g/mol. The number of aryl methyl sites for hydroxylation is 1. The smallest absolute Gasteiger partial charge is 0.380 e. The van der Waals surface area contributed by atoms with Gasteiger partial charge >= 0.3 is 6.18 Å². The van der Waals surface area contributed by atoms with Gasteiger partial charge in [-0.2, -0.15) is 13.2 Å². The molecule has 0 saturated carbocycles. The number of fused-ring (bicyclic) bond motifs is 1. The van der Waals surface area contributed by atoms with Gasteiger partial charge in [-0.3, -0.25) is 4.79 Å². The van der Waals surface area contributed by atoms with Crippen LogP contribution in [-0.4, -0.2) is 45.8 Å². The minimum absolute atomic E-state index is 0.0638. The Labute approximate surface area is 137 Å². The van der Waals surface area contributed by atoms with Crippen molar-refractivity contribution < 1.29 is 23.1 Å². The van der Waals surface area contributed by atoms with Gasteiger partial charge in [-0.15, -0.1) is 0 Å². The SMILES string of the molecule is O=C(CCc1ccc2[nH]ccc2c1)N1CCC(O)(C(F)(F)F)CC1. The highest BCUT2D eigenvalue weighted by Gasteiger charge is 2.54. The van der Waals surface area contributed by atoms with Gasteiger partial charge in [0.25, 0.3) is 0 Å². The van der Waals surface area contributed by atoms with Crippen LogP contribution in [0.25, 0.3) is 10.9 Å². The Balaban J connectivity index is 1.54. The van der Waals surface area contributed by atoms with Gasteiger partial charge in [-0.05, 0) is 35.6 Å². The molecule has 4 nitrogen and oxygen atoms in total. The van der Waals surface area contributed by atoms with Gasteiger partial charge < -0.3 is 15.0 Å². The van der Waals surface area contributed by atoms with Crippen LogP contribution in [-0.2, 0) is 11.2 Å². The summed E-state index contributed by atoms with van der Waals surface area (Å²) in [5, 5.41) is 10.7. The molecular weight excluding hydrogens is 321 g/mol. The number of nitrogens with zero attached hydrogens (tertiary/aromatic N) is 1. The van der Waals surface area contributed by atoms with Crippen molar-refractivity contribution in [3.8, 4) is 0 Å². The summed E-state index contributed by atoms with van der Waals surface area (Å²) in [6, 6.07) is 7.82. The summed E-state index contributed by atoms with van der Waals surface area (Å²) in [5.74, 6) is -0.173. The molecule has 130 valence electrons. The van der Waals surface area contributed by atoms with Crippen LogP contribution >= 0.6 is 0 Å². The lowest BCUT2D eigenvalue weighted by molar-refractivity contribution is -0.272. The molecule has 1 aliphatic rings. The van der Waals surface area contributed by atoms with Gasteiger partial charge in [0.2, 0.25) is 5.91 Å². The molecule has 2 aromatic rings. The van der Waals surface area contributed by atoms with E-state index in [-0.39, 0.29) is 25.4 Å². The lowest BCUT2D eigenvalue weighted by Gasteiger charge is -2.39. The summed E-state index contributed by atoms with van der Waals surface area (Å²) in [4.78, 5) is 16.7. The Hall–Kier alpha value is -2.02. The van der Waals surface area contributed by atoms with E-state index in [1.807, 2.05) is 30.5 Å². The molecule has 0 aliphatic carbocycles. The third-order valence-electron chi connectivity index (χ3n) is 4.72. The molecule has 1 aromatic carbocycles. The van der Waals surface area contributed by atoms with Crippen LogP contribution in [0.2, 0.25) is 0 Å². The lowest BCUT2D eigenvalue weighted by atomic mass is 9.90. The summed E-state index contributed by atoms with van der Waals surface area (Å²) in [6.45, 7) is -0.128. The Morgan fingerprint density at radius 2 is 1.96 bits per heavy atom. The minimum atomic E-state index is -4.64. The maximum absolute atomic E-state index is 12.8. The number of aliphatic hydroxyl groups is 1. The Morgan fingerprint density at radius 1 is 1.25 bits per heavy atom. The molecule has 3 rings (SSSR count). The number of nitrogens with one attached hydrogen (secondary N) is 1. The number of likely N-dealkylation sites (tertiary alicyclic amines) is 1. The molecule has 0 atom stereocenters. The second-order valence-corrected chi connectivity index (χ2v) is 6.31. The van der Waals surface area contributed by atoms with E-state index in [0.717, 1.165) is 16.5 Å². The Bertz CT molecular complexity index is 731. The molecule has 2 N–H and O–H groups in total. The standard InChI is InChI=1S/C17H19F3N2O2/c18-17(19,20)16(24)6-9-22(10-7-16)15(23)4-2-12-1-3-14-13(11-12)5-8-21-14/h1,3,5,8,11,21,24H,2,4,6-7,9-10H2. The van der Waals surface area contributed by atoms with Crippen molar-refractivity contribution in [3.63, 3.8) is 0 Å². The first-order chi connectivity index (χ1) is 11.3. The quantitative estimate of drug-likeness (QED) is 0.902. The highest BCUT2D eigenvalue weighted by molar-refractivity contribution is 5.80. The molecule has 1 aliphatic heterocycles. The van der Waals surface area contributed by atoms with E-state index >= 15 is 0 Å². The van der Waals surface area contributed by atoms with Crippen LogP contribution in [0, 0.1) is 0 Å². The van der Waals surface area contributed by atoms with Crippen molar-refractivity contribution in [3.05, 3.63) is 36.0 Å². The first-order valence-corrected chi connectivity index (χ1v) is 7.91. The van der Waals surface area contributed by atoms with E-state index < -0.39 is 24.6 Å². The second-order valence-electron chi connectivity index (χ2n) is 6.31. The normalized spacial score (nSPS) is 18.1. The number of halogens is 3. The molecule has 24 heavy (non-hydrogen) atoms. The van der Waals surface area contributed by atoms with E-state index in [2.05, 4.69) is 4.98 Å². The zero-order chi connectivity index (χ0) is 17.4. The predicted molar refractivity (Wildman–Crippen MR) is 83.4 cm³/mol. The number of carbonyl (C=O) groups excluding carboxylic acids is 1. The van der Waals surface area contributed by atoms with Crippen LogP contribution < -0.4 is 0 Å². The number of alkyl halides is 3. The third-order valence-corrected chi connectivity index (χ3v) is 4.72. The highest BCUT2D eigenvalue weighted by atomic mass is 19.4. The minimum Gasteiger partial charge on any atom is -0.380 e. The molecule has 1 amide bonds. The van der Waals surface area contributed by atoms with Gasteiger partial charge in [-0.25, -0.2) is 0 Å². The summed E-state index contributed by atoms with van der Waals surface area (Å²) in [6.07, 6.45) is -2.93. The largest absolute Gasteiger partial charge is 0.417 e. The summed E-state index contributed by atoms with van der Waals surface area (Å²) >= 11 is 0. The second kappa shape index (κ2) is 6.12. The number of aromatic amines is 1. The molecule has 2 heterocycles. The van der Waals surface area contributed by atoms with Crippen molar-refractivity contribution in [1.29, 1.82) is 0 Å². The number of hydrogen-bond donors (Lipinski definition) is 2. The van der Waals surface area contributed by atoms with E-state index in [1.54, 1.807) is 0 Å². The number of benzene rings is 1. The van der Waals surface area contributed by atoms with Crippen LogP contribution in [0.1, 0.15) is 24.8 Å². The fraction of sp³-hybridized carbons (Fsp3) is 0.471. The third kappa shape index (κ3) is 3.26. The summed E-state index contributed by atoms with van der Waals surface area (Å²) in [5.41, 5.74) is -0.630. The van der Waals surface area contributed by atoms with Crippen molar-refractivity contribution in [2.75, 3.05) is 13.1 Å². The molecule has 0 bridgehead atoms.